The molecule has 0 aliphatic carbocycles. The molecule has 0 fully saturated rings. The predicted molar refractivity (Wildman–Crippen MR) is 143 cm³/mol. The molecule has 35 heavy (non-hydrogen) atoms. The van der Waals surface area contributed by atoms with Crippen LogP contribution in [0.15, 0.2) is 82.8 Å². The van der Waals surface area contributed by atoms with Gasteiger partial charge in [0.25, 0.3) is 15.9 Å². The molecule has 0 atom stereocenters. The average Bonchev–Trinajstić information content (AvgIpc) is 2.85. The third kappa shape index (κ3) is 6.75. The van der Waals surface area contributed by atoms with Gasteiger partial charge in [-0.15, -0.1) is 0 Å². The third-order valence-electron chi connectivity index (χ3n) is 5.22. The highest BCUT2D eigenvalue weighted by Gasteiger charge is 2.28. The molecular formula is C25H26Cl2N4O3S. The number of benzene rings is 3. The Hall–Kier alpha value is -3.07. The van der Waals surface area contributed by atoms with Gasteiger partial charge in [-0.25, -0.2) is 13.8 Å². The zero-order chi connectivity index (χ0) is 25.4. The van der Waals surface area contributed by atoms with Crippen LogP contribution >= 0.6 is 23.2 Å². The van der Waals surface area contributed by atoms with Crippen LogP contribution in [0.4, 0.5) is 11.4 Å². The fourth-order valence-corrected chi connectivity index (χ4v) is 5.43. The maximum Gasteiger partial charge on any atom is 0.264 e. The molecule has 0 bridgehead atoms. The summed E-state index contributed by atoms with van der Waals surface area (Å²) in [5.74, 6) is -0.633. The van der Waals surface area contributed by atoms with Gasteiger partial charge in [-0.3, -0.25) is 9.10 Å². The normalized spacial score (nSPS) is 11.4. The zero-order valence-electron chi connectivity index (χ0n) is 19.4. The number of hydrazone groups is 1. The van der Waals surface area contributed by atoms with Gasteiger partial charge in [0.05, 0.1) is 21.8 Å². The van der Waals surface area contributed by atoms with Crippen molar-refractivity contribution in [2.45, 2.75) is 18.7 Å². The molecule has 0 radical (unpaired) electrons. The Morgan fingerprint density at radius 2 is 1.63 bits per heavy atom. The lowest BCUT2D eigenvalue weighted by atomic mass is 10.2. The van der Waals surface area contributed by atoms with E-state index in [-0.39, 0.29) is 15.6 Å². The van der Waals surface area contributed by atoms with Gasteiger partial charge in [0.1, 0.15) is 6.54 Å². The molecule has 0 saturated carbocycles. The Bertz CT molecular complexity index is 1280. The van der Waals surface area contributed by atoms with Gasteiger partial charge in [0.2, 0.25) is 0 Å². The molecule has 0 aromatic heterocycles. The van der Waals surface area contributed by atoms with Crippen molar-refractivity contribution in [1.29, 1.82) is 0 Å². The number of hydrogen-bond donors (Lipinski definition) is 1. The van der Waals surface area contributed by atoms with E-state index < -0.39 is 22.5 Å². The highest BCUT2D eigenvalue weighted by atomic mass is 35.5. The van der Waals surface area contributed by atoms with E-state index >= 15 is 0 Å². The molecule has 1 N–H and O–H groups in total. The number of hydrogen-bond acceptors (Lipinski definition) is 5. The first-order chi connectivity index (χ1) is 16.8. The van der Waals surface area contributed by atoms with Crippen LogP contribution in [-0.4, -0.2) is 40.2 Å². The van der Waals surface area contributed by atoms with Crippen LogP contribution in [0.3, 0.4) is 0 Å². The second kappa shape index (κ2) is 12.1. The van der Waals surface area contributed by atoms with Crippen molar-refractivity contribution in [2.75, 3.05) is 28.8 Å². The van der Waals surface area contributed by atoms with E-state index in [1.165, 1.54) is 36.5 Å². The summed E-state index contributed by atoms with van der Waals surface area (Å²) in [7, 11) is -4.09. The summed E-state index contributed by atoms with van der Waals surface area (Å²) in [6, 6.07) is 19.9. The molecule has 10 heteroatoms. The molecule has 0 heterocycles. The zero-order valence-corrected chi connectivity index (χ0v) is 21.7. The molecule has 7 nitrogen and oxygen atoms in total. The van der Waals surface area contributed by atoms with Crippen LogP contribution in [0, 0.1) is 0 Å². The fourth-order valence-electron chi connectivity index (χ4n) is 3.41. The highest BCUT2D eigenvalue weighted by molar-refractivity contribution is 7.92. The lowest BCUT2D eigenvalue weighted by molar-refractivity contribution is -0.119. The summed E-state index contributed by atoms with van der Waals surface area (Å²) in [6.07, 6.45) is 1.50. The minimum absolute atomic E-state index is 0.0237. The number of sulfonamides is 1. The lowest BCUT2D eigenvalue weighted by Gasteiger charge is -2.24. The Kier molecular flexibility index (Phi) is 9.14. The standard InChI is InChI=1S/C25H26Cl2N4O3S/c1-3-30(4-2)21-13-10-19(11-14-21)17-28-29-25(32)18-31(24-15-12-20(26)16-23(24)27)35(33,34)22-8-6-5-7-9-22/h5-17H,3-4,18H2,1-2H3,(H,29,32)/b28-17+. The van der Waals surface area contributed by atoms with Crippen molar-refractivity contribution >= 4 is 56.7 Å². The predicted octanol–water partition coefficient (Wildman–Crippen LogP) is 5.19. The number of nitrogens with one attached hydrogen (secondary N) is 1. The van der Waals surface area contributed by atoms with E-state index in [9.17, 15) is 13.2 Å². The van der Waals surface area contributed by atoms with Crippen molar-refractivity contribution in [3.63, 3.8) is 0 Å². The number of carbonyl (C=O) groups excluding carboxylic acids is 1. The van der Waals surface area contributed by atoms with Gasteiger partial charge in [-0.2, -0.15) is 5.10 Å². The first-order valence-electron chi connectivity index (χ1n) is 11.0. The minimum atomic E-state index is -4.09. The summed E-state index contributed by atoms with van der Waals surface area (Å²) in [4.78, 5) is 14.9. The molecule has 3 aromatic carbocycles. The van der Waals surface area contributed by atoms with Crippen LogP contribution in [0.25, 0.3) is 0 Å². The van der Waals surface area contributed by atoms with Crippen LogP contribution in [-0.2, 0) is 14.8 Å². The quantitative estimate of drug-likeness (QED) is 0.288. The van der Waals surface area contributed by atoms with Crippen LogP contribution in [0.1, 0.15) is 19.4 Å². The topological polar surface area (TPSA) is 82.1 Å². The number of halogens is 2. The minimum Gasteiger partial charge on any atom is -0.372 e. The van der Waals surface area contributed by atoms with Crippen molar-refractivity contribution in [1.82, 2.24) is 5.43 Å². The Labute approximate surface area is 216 Å². The third-order valence-corrected chi connectivity index (χ3v) is 7.53. The number of anilines is 2. The molecule has 0 aliphatic heterocycles. The second-order valence-corrected chi connectivity index (χ2v) is 10.2. The van der Waals surface area contributed by atoms with Crippen molar-refractivity contribution in [3.8, 4) is 0 Å². The summed E-state index contributed by atoms with van der Waals surface area (Å²) >= 11 is 12.3. The number of nitrogens with zero attached hydrogens (tertiary/aromatic N) is 3. The number of carbonyl (C=O) groups is 1. The van der Waals surface area contributed by atoms with Crippen molar-refractivity contribution in [3.05, 3.63) is 88.4 Å². The molecular weight excluding hydrogens is 507 g/mol. The lowest BCUT2D eigenvalue weighted by Crippen LogP contribution is -2.39. The first kappa shape index (κ1) is 26.5. The van der Waals surface area contributed by atoms with Crippen LogP contribution in [0.5, 0.6) is 0 Å². The molecule has 0 aliphatic rings. The van der Waals surface area contributed by atoms with Crippen molar-refractivity contribution < 1.29 is 13.2 Å². The Balaban J connectivity index is 1.78. The van der Waals surface area contributed by atoms with Gasteiger partial charge in [-0.05, 0) is 61.9 Å². The molecule has 3 rings (SSSR count). The Morgan fingerprint density at radius 1 is 0.971 bits per heavy atom. The monoisotopic (exact) mass is 532 g/mol. The summed E-state index contributed by atoms with van der Waals surface area (Å²) < 4.78 is 27.6. The smallest absolute Gasteiger partial charge is 0.264 e. The molecule has 3 aromatic rings. The first-order valence-corrected chi connectivity index (χ1v) is 13.2. The van der Waals surface area contributed by atoms with Gasteiger partial charge in [0.15, 0.2) is 0 Å². The maximum atomic E-state index is 13.3. The van der Waals surface area contributed by atoms with E-state index in [1.54, 1.807) is 18.2 Å². The van der Waals surface area contributed by atoms with Gasteiger partial charge >= 0.3 is 0 Å². The SMILES string of the molecule is CCN(CC)c1ccc(/C=N/NC(=O)CN(c2ccc(Cl)cc2Cl)S(=O)(=O)c2ccccc2)cc1. The average molecular weight is 533 g/mol. The fraction of sp³-hybridized carbons (Fsp3) is 0.200. The summed E-state index contributed by atoms with van der Waals surface area (Å²) in [5, 5.41) is 4.42. The number of rotatable bonds is 10. The molecule has 1 amide bonds. The number of amides is 1. The van der Waals surface area contributed by atoms with Crippen LogP contribution in [0.2, 0.25) is 10.0 Å². The molecule has 0 unspecified atom stereocenters. The van der Waals surface area contributed by atoms with E-state index in [0.29, 0.717) is 5.02 Å². The molecule has 0 spiro atoms. The molecule has 0 saturated heterocycles. The van der Waals surface area contributed by atoms with Gasteiger partial charge in [0, 0.05) is 23.8 Å². The Morgan fingerprint density at radius 3 is 2.23 bits per heavy atom. The van der Waals surface area contributed by atoms with Gasteiger partial charge < -0.3 is 4.90 Å². The highest BCUT2D eigenvalue weighted by Crippen LogP contribution is 2.32. The molecule has 184 valence electrons. The maximum absolute atomic E-state index is 13.3. The van der Waals surface area contributed by atoms with E-state index in [1.807, 2.05) is 24.3 Å². The van der Waals surface area contributed by atoms with Crippen LogP contribution < -0.4 is 14.6 Å². The van der Waals surface area contributed by atoms with Crippen molar-refractivity contribution in [2.24, 2.45) is 5.10 Å². The van der Waals surface area contributed by atoms with Gasteiger partial charge in [-0.1, -0.05) is 53.5 Å². The summed E-state index contributed by atoms with van der Waals surface area (Å²) in [5.41, 5.74) is 4.40. The van der Waals surface area contributed by atoms with E-state index in [2.05, 4.69) is 29.3 Å². The van der Waals surface area contributed by atoms with E-state index in [0.717, 1.165) is 28.6 Å². The largest absolute Gasteiger partial charge is 0.372 e. The summed E-state index contributed by atoms with van der Waals surface area (Å²) in [6.45, 7) is 5.46. The van der Waals surface area contributed by atoms with E-state index in [4.69, 9.17) is 23.2 Å². The second-order valence-electron chi connectivity index (χ2n) is 7.48.